The predicted octanol–water partition coefficient (Wildman–Crippen LogP) is 5.72. The van der Waals surface area contributed by atoms with Crippen LogP contribution in [0.1, 0.15) is 21.5 Å². The number of carbonyl (C=O) groups is 1. The minimum Gasteiger partial charge on any atom is -0.322 e. The van der Waals surface area contributed by atoms with E-state index in [0.717, 1.165) is 24.0 Å². The van der Waals surface area contributed by atoms with Crippen LogP contribution in [0.15, 0.2) is 108 Å². The van der Waals surface area contributed by atoms with Crippen LogP contribution in [0.4, 0.5) is 30.2 Å². The van der Waals surface area contributed by atoms with Gasteiger partial charge in [-0.2, -0.15) is 13.2 Å². The topological polar surface area (TPSA) is 113 Å². The second kappa shape index (κ2) is 11.6. The van der Waals surface area contributed by atoms with Gasteiger partial charge in [-0.25, -0.2) is 16.8 Å². The van der Waals surface area contributed by atoms with E-state index in [1.54, 1.807) is 24.3 Å². The molecule has 0 fully saturated rings. The van der Waals surface area contributed by atoms with Crippen molar-refractivity contribution in [2.24, 2.45) is 0 Å². The van der Waals surface area contributed by atoms with Crippen molar-refractivity contribution in [2.45, 2.75) is 17.6 Å². The smallest absolute Gasteiger partial charge is 0.322 e. The molecule has 0 aliphatic carbocycles. The Bertz CT molecular complexity index is 1740. The molecule has 13 heteroatoms. The molecule has 0 saturated carbocycles. The Morgan fingerprint density at radius 1 is 0.780 bits per heavy atom. The highest BCUT2D eigenvalue weighted by Gasteiger charge is 2.30. The van der Waals surface area contributed by atoms with Crippen molar-refractivity contribution in [3.63, 3.8) is 0 Å². The lowest BCUT2D eigenvalue weighted by atomic mass is 10.1. The summed E-state index contributed by atoms with van der Waals surface area (Å²) in [4.78, 5) is 12.5. The maximum Gasteiger partial charge on any atom is 0.416 e. The van der Waals surface area contributed by atoms with Gasteiger partial charge in [0.15, 0.2) is 0 Å². The Balaban J connectivity index is 1.44. The quantitative estimate of drug-likeness (QED) is 0.254. The van der Waals surface area contributed by atoms with E-state index in [-0.39, 0.29) is 28.4 Å². The Labute approximate surface area is 235 Å². The number of anilines is 3. The summed E-state index contributed by atoms with van der Waals surface area (Å²) in [6, 6.07) is 23.8. The number of amides is 1. The molecule has 4 rings (SSSR count). The van der Waals surface area contributed by atoms with Gasteiger partial charge in [0.25, 0.3) is 15.9 Å². The molecule has 2 N–H and O–H groups in total. The molecule has 0 aliphatic heterocycles. The van der Waals surface area contributed by atoms with Gasteiger partial charge >= 0.3 is 6.18 Å². The molecule has 41 heavy (non-hydrogen) atoms. The number of carbonyl (C=O) groups excluding carboxylic acids is 1. The van der Waals surface area contributed by atoms with Crippen LogP contribution in [0, 0.1) is 0 Å². The Hall–Kier alpha value is -4.36. The van der Waals surface area contributed by atoms with E-state index in [0.29, 0.717) is 11.8 Å². The molecule has 0 spiro atoms. The molecular weight excluding hydrogens is 579 g/mol. The molecule has 4 aromatic carbocycles. The second-order valence-corrected chi connectivity index (χ2v) is 12.6. The zero-order valence-electron chi connectivity index (χ0n) is 21.5. The van der Waals surface area contributed by atoms with Gasteiger partial charge in [-0.05, 0) is 72.3 Å². The van der Waals surface area contributed by atoms with Crippen molar-refractivity contribution in [1.29, 1.82) is 0 Å². The number of benzene rings is 4. The fraction of sp³-hybridized carbons (Fsp3) is 0.107. The van der Waals surface area contributed by atoms with Gasteiger partial charge in [0.05, 0.1) is 28.9 Å². The molecule has 0 bridgehead atoms. The van der Waals surface area contributed by atoms with E-state index in [1.807, 2.05) is 6.07 Å². The predicted molar refractivity (Wildman–Crippen MR) is 151 cm³/mol. The number of halogens is 3. The zero-order chi connectivity index (χ0) is 29.8. The van der Waals surface area contributed by atoms with Gasteiger partial charge in [-0.15, -0.1) is 0 Å². The summed E-state index contributed by atoms with van der Waals surface area (Å²) >= 11 is 0. The minimum atomic E-state index is -4.63. The van der Waals surface area contributed by atoms with Crippen LogP contribution in [0.5, 0.6) is 0 Å². The van der Waals surface area contributed by atoms with Gasteiger partial charge in [0, 0.05) is 16.9 Å². The van der Waals surface area contributed by atoms with Crippen molar-refractivity contribution in [2.75, 3.05) is 20.6 Å². The van der Waals surface area contributed by atoms with Gasteiger partial charge in [-0.3, -0.25) is 13.8 Å². The Morgan fingerprint density at radius 2 is 1.41 bits per heavy atom. The summed E-state index contributed by atoms with van der Waals surface area (Å²) < 4.78 is 92.3. The van der Waals surface area contributed by atoms with Crippen molar-refractivity contribution >= 4 is 43.0 Å². The zero-order valence-corrected chi connectivity index (χ0v) is 23.1. The third kappa shape index (κ3) is 7.64. The Morgan fingerprint density at radius 3 is 2.00 bits per heavy atom. The molecule has 0 aliphatic rings. The number of rotatable bonds is 9. The first-order valence-electron chi connectivity index (χ1n) is 12.0. The number of hydrogen-bond donors (Lipinski definition) is 2. The largest absolute Gasteiger partial charge is 0.416 e. The van der Waals surface area contributed by atoms with E-state index < -0.39 is 37.7 Å². The fourth-order valence-electron chi connectivity index (χ4n) is 3.82. The molecule has 0 heterocycles. The van der Waals surface area contributed by atoms with Gasteiger partial charge < -0.3 is 5.32 Å². The summed E-state index contributed by atoms with van der Waals surface area (Å²) in [6.07, 6.45) is -3.54. The summed E-state index contributed by atoms with van der Waals surface area (Å²) in [7, 11) is -7.82. The van der Waals surface area contributed by atoms with Crippen molar-refractivity contribution in [1.82, 2.24) is 0 Å². The molecule has 214 valence electrons. The van der Waals surface area contributed by atoms with E-state index in [1.165, 1.54) is 58.9 Å². The van der Waals surface area contributed by atoms with Crippen LogP contribution in [0.3, 0.4) is 0 Å². The first-order valence-corrected chi connectivity index (χ1v) is 15.3. The number of alkyl halides is 3. The van der Waals surface area contributed by atoms with Crippen LogP contribution >= 0.6 is 0 Å². The molecule has 0 radical (unpaired) electrons. The second-order valence-electron chi connectivity index (χ2n) is 8.96. The average Bonchev–Trinajstić information content (AvgIpc) is 2.91. The summed E-state index contributed by atoms with van der Waals surface area (Å²) in [5.41, 5.74) is 0.401. The van der Waals surface area contributed by atoms with Crippen molar-refractivity contribution in [3.05, 3.63) is 120 Å². The highest BCUT2D eigenvalue weighted by atomic mass is 32.2. The van der Waals surface area contributed by atoms with E-state index >= 15 is 0 Å². The molecule has 1 amide bonds. The van der Waals surface area contributed by atoms with Crippen LogP contribution in [-0.2, 0) is 32.8 Å². The summed E-state index contributed by atoms with van der Waals surface area (Å²) in [5, 5.41) is 2.62. The molecule has 0 unspecified atom stereocenters. The van der Waals surface area contributed by atoms with Crippen molar-refractivity contribution < 1.29 is 34.8 Å². The van der Waals surface area contributed by atoms with Gasteiger partial charge in [-0.1, -0.05) is 36.4 Å². The maximum atomic E-state index is 12.9. The van der Waals surface area contributed by atoms with Crippen molar-refractivity contribution in [3.8, 4) is 0 Å². The van der Waals surface area contributed by atoms with E-state index in [9.17, 15) is 34.8 Å². The van der Waals surface area contributed by atoms with Crippen LogP contribution in [-0.4, -0.2) is 29.0 Å². The monoisotopic (exact) mass is 603 g/mol. The number of nitrogens with one attached hydrogen (secondary N) is 2. The third-order valence-corrected chi connectivity index (χ3v) is 8.39. The maximum absolute atomic E-state index is 12.9. The first kappa shape index (κ1) is 29.6. The summed E-state index contributed by atoms with van der Waals surface area (Å²) in [5.74, 6) is -0.525. The van der Waals surface area contributed by atoms with E-state index in [4.69, 9.17) is 0 Å². The molecule has 0 saturated heterocycles. The highest BCUT2D eigenvalue weighted by molar-refractivity contribution is 7.92. The lowest BCUT2D eigenvalue weighted by molar-refractivity contribution is -0.137. The van der Waals surface area contributed by atoms with Gasteiger partial charge in [0.1, 0.15) is 0 Å². The molecule has 0 atom stereocenters. The first-order chi connectivity index (χ1) is 19.2. The van der Waals surface area contributed by atoms with Crippen LogP contribution < -0.4 is 14.3 Å². The lowest BCUT2D eigenvalue weighted by Gasteiger charge is -2.22. The highest BCUT2D eigenvalue weighted by Crippen LogP contribution is 2.31. The van der Waals surface area contributed by atoms with Gasteiger partial charge in [0.2, 0.25) is 10.0 Å². The van der Waals surface area contributed by atoms with Crippen LogP contribution in [0.2, 0.25) is 0 Å². The standard InChI is InChI=1S/C28H24F3N3O5S2/c1-40(36,37)34(19-20-6-3-2-4-7-20)25-14-10-21(11-15-25)27(35)32-23-12-16-26(17-13-23)41(38,39)33-24-9-5-8-22(18-24)28(29,30)31/h2-18,33H,19H2,1H3,(H,32,35). The Kier molecular flexibility index (Phi) is 8.40. The number of nitrogens with zero attached hydrogens (tertiary/aromatic N) is 1. The molecular formula is C28H24F3N3O5S2. The molecule has 8 nitrogen and oxygen atoms in total. The minimum absolute atomic E-state index is 0.114. The van der Waals surface area contributed by atoms with E-state index in [2.05, 4.69) is 10.0 Å². The van der Waals surface area contributed by atoms with Crippen LogP contribution in [0.25, 0.3) is 0 Å². The lowest BCUT2D eigenvalue weighted by Crippen LogP contribution is -2.29. The average molecular weight is 604 g/mol. The third-order valence-electron chi connectivity index (χ3n) is 5.85. The normalized spacial score (nSPS) is 12.0. The molecule has 4 aromatic rings. The number of hydrogen-bond acceptors (Lipinski definition) is 5. The SMILES string of the molecule is CS(=O)(=O)N(Cc1ccccc1)c1ccc(C(=O)Nc2ccc(S(=O)(=O)Nc3cccc(C(F)(F)F)c3)cc2)cc1. The molecule has 0 aromatic heterocycles. The number of sulfonamides is 2. The fourth-order valence-corrected chi connectivity index (χ4v) is 5.76. The summed E-state index contributed by atoms with van der Waals surface area (Å²) in [6.45, 7) is 0.114.